The molecular formula is C14H28ClN3O3S. The minimum absolute atomic E-state index is 0. The molecule has 1 spiro atoms. The highest BCUT2D eigenvalue weighted by atomic mass is 35.5. The van der Waals surface area contributed by atoms with Gasteiger partial charge >= 0.3 is 0 Å². The predicted molar refractivity (Wildman–Crippen MR) is 89.6 cm³/mol. The molecule has 2 N–H and O–H groups in total. The van der Waals surface area contributed by atoms with E-state index < -0.39 is 10.0 Å². The normalized spacial score (nSPS) is 23.1. The second-order valence-electron chi connectivity index (χ2n) is 6.27. The second-order valence-corrected chi connectivity index (χ2v) is 8.25. The molecule has 1 aliphatic heterocycles. The fraction of sp³-hybridized carbons (Fsp3) is 0.929. The van der Waals surface area contributed by atoms with E-state index >= 15 is 0 Å². The van der Waals surface area contributed by atoms with E-state index in [0.717, 1.165) is 32.4 Å². The van der Waals surface area contributed by atoms with E-state index in [2.05, 4.69) is 10.6 Å². The van der Waals surface area contributed by atoms with Gasteiger partial charge in [0.05, 0.1) is 6.26 Å². The number of amides is 1. The van der Waals surface area contributed by atoms with Crippen LogP contribution < -0.4 is 10.6 Å². The van der Waals surface area contributed by atoms with Gasteiger partial charge in [0.25, 0.3) is 0 Å². The summed E-state index contributed by atoms with van der Waals surface area (Å²) in [6, 6.07) is 0. The second kappa shape index (κ2) is 7.95. The van der Waals surface area contributed by atoms with Gasteiger partial charge < -0.3 is 10.6 Å². The fourth-order valence-electron chi connectivity index (χ4n) is 3.34. The van der Waals surface area contributed by atoms with Gasteiger partial charge in [-0.3, -0.25) is 4.79 Å². The summed E-state index contributed by atoms with van der Waals surface area (Å²) < 4.78 is 24.3. The van der Waals surface area contributed by atoms with Crippen molar-refractivity contribution in [2.24, 2.45) is 11.3 Å². The van der Waals surface area contributed by atoms with Crippen molar-refractivity contribution < 1.29 is 13.2 Å². The van der Waals surface area contributed by atoms with Gasteiger partial charge in [-0.25, -0.2) is 12.7 Å². The number of rotatable bonds is 7. The molecule has 2 rings (SSSR count). The molecule has 0 bridgehead atoms. The lowest BCUT2D eigenvalue weighted by Gasteiger charge is -2.23. The SMILES string of the molecule is CCN(CCCNC(=O)C1CC12CCNCC2)S(C)(=O)=O.Cl. The standard InChI is InChI=1S/C14H27N3O3S.ClH/c1-3-17(21(2,19)20)10-4-7-16-13(18)12-11-14(12)5-8-15-9-6-14;/h12,15H,3-11H2,1-2H3,(H,16,18);1H. The van der Waals surface area contributed by atoms with Crippen molar-refractivity contribution in [2.75, 3.05) is 39.0 Å². The van der Waals surface area contributed by atoms with Crippen LogP contribution in [0.15, 0.2) is 0 Å². The summed E-state index contributed by atoms with van der Waals surface area (Å²) in [5.74, 6) is 0.330. The molecule has 2 aliphatic rings. The zero-order chi connectivity index (χ0) is 15.5. The molecule has 0 radical (unpaired) electrons. The largest absolute Gasteiger partial charge is 0.356 e. The molecule has 6 nitrogen and oxygen atoms in total. The number of carbonyl (C=O) groups is 1. The molecule has 0 aromatic carbocycles. The van der Waals surface area contributed by atoms with E-state index in [1.54, 1.807) is 0 Å². The first-order chi connectivity index (χ1) is 9.89. The molecule has 1 saturated carbocycles. The minimum Gasteiger partial charge on any atom is -0.356 e. The van der Waals surface area contributed by atoms with Crippen molar-refractivity contribution in [3.8, 4) is 0 Å². The summed E-state index contributed by atoms with van der Waals surface area (Å²) in [7, 11) is -3.13. The summed E-state index contributed by atoms with van der Waals surface area (Å²) in [6.45, 7) is 5.36. The molecule has 1 unspecified atom stereocenters. The molecule has 1 amide bonds. The Morgan fingerprint density at radius 3 is 2.55 bits per heavy atom. The van der Waals surface area contributed by atoms with Gasteiger partial charge in [0.1, 0.15) is 0 Å². The number of nitrogens with one attached hydrogen (secondary N) is 2. The minimum atomic E-state index is -3.13. The summed E-state index contributed by atoms with van der Waals surface area (Å²) in [5.41, 5.74) is 0.261. The third-order valence-corrected chi connectivity index (χ3v) is 6.19. The highest BCUT2D eigenvalue weighted by Crippen LogP contribution is 2.58. The third-order valence-electron chi connectivity index (χ3n) is 4.81. The highest BCUT2D eigenvalue weighted by Gasteiger charge is 2.57. The Hall–Kier alpha value is -0.370. The van der Waals surface area contributed by atoms with Crippen LogP contribution in [0.25, 0.3) is 0 Å². The van der Waals surface area contributed by atoms with Crippen molar-refractivity contribution in [1.29, 1.82) is 0 Å². The van der Waals surface area contributed by atoms with Crippen molar-refractivity contribution in [2.45, 2.75) is 32.6 Å². The Kier molecular flexibility index (Phi) is 7.11. The number of carbonyl (C=O) groups excluding carboxylic acids is 1. The maximum absolute atomic E-state index is 12.1. The van der Waals surface area contributed by atoms with E-state index in [4.69, 9.17) is 0 Å². The number of hydrogen-bond donors (Lipinski definition) is 2. The van der Waals surface area contributed by atoms with Crippen LogP contribution in [0, 0.1) is 11.3 Å². The number of piperidine rings is 1. The van der Waals surface area contributed by atoms with Crippen molar-refractivity contribution in [3.63, 3.8) is 0 Å². The lowest BCUT2D eigenvalue weighted by molar-refractivity contribution is -0.123. The van der Waals surface area contributed by atoms with Crippen LogP contribution in [0.3, 0.4) is 0 Å². The van der Waals surface area contributed by atoms with Crippen LogP contribution in [0.5, 0.6) is 0 Å². The number of nitrogens with zero attached hydrogens (tertiary/aromatic N) is 1. The first kappa shape index (κ1) is 19.7. The fourth-order valence-corrected chi connectivity index (χ4v) is 4.27. The quantitative estimate of drug-likeness (QED) is 0.656. The Labute approximate surface area is 139 Å². The van der Waals surface area contributed by atoms with Crippen molar-refractivity contribution in [3.05, 3.63) is 0 Å². The van der Waals surface area contributed by atoms with Crippen LogP contribution >= 0.6 is 12.4 Å². The van der Waals surface area contributed by atoms with Crippen molar-refractivity contribution >= 4 is 28.3 Å². The lowest BCUT2D eigenvalue weighted by atomic mass is 9.92. The van der Waals surface area contributed by atoms with Crippen LogP contribution in [0.1, 0.15) is 32.6 Å². The maximum atomic E-state index is 12.1. The molecular weight excluding hydrogens is 326 g/mol. The first-order valence-electron chi connectivity index (χ1n) is 7.82. The summed E-state index contributed by atoms with van der Waals surface area (Å²) in [6.07, 6.45) is 5.10. The Morgan fingerprint density at radius 2 is 2.00 bits per heavy atom. The van der Waals surface area contributed by atoms with Gasteiger partial charge in [-0.15, -0.1) is 12.4 Å². The summed E-state index contributed by atoms with van der Waals surface area (Å²) >= 11 is 0. The predicted octanol–water partition coefficient (Wildman–Crippen LogP) is 0.586. The molecule has 1 aliphatic carbocycles. The van der Waals surface area contributed by atoms with E-state index in [0.29, 0.717) is 26.1 Å². The monoisotopic (exact) mass is 353 g/mol. The Bertz CT molecular complexity index is 478. The van der Waals surface area contributed by atoms with E-state index in [-0.39, 0.29) is 29.6 Å². The van der Waals surface area contributed by atoms with Gasteiger partial charge in [0, 0.05) is 25.6 Å². The smallest absolute Gasteiger partial charge is 0.223 e. The molecule has 2 fully saturated rings. The first-order valence-corrected chi connectivity index (χ1v) is 9.67. The van der Waals surface area contributed by atoms with Crippen LogP contribution in [-0.2, 0) is 14.8 Å². The number of sulfonamides is 1. The molecule has 8 heteroatoms. The lowest BCUT2D eigenvalue weighted by Crippen LogP contribution is -2.35. The van der Waals surface area contributed by atoms with E-state index in [1.165, 1.54) is 10.6 Å². The highest BCUT2D eigenvalue weighted by molar-refractivity contribution is 7.88. The number of halogens is 1. The average molecular weight is 354 g/mol. The van der Waals surface area contributed by atoms with Gasteiger partial charge in [-0.05, 0) is 44.2 Å². The maximum Gasteiger partial charge on any atom is 0.223 e. The van der Waals surface area contributed by atoms with Gasteiger partial charge in [0.15, 0.2) is 0 Å². The van der Waals surface area contributed by atoms with Crippen LogP contribution in [0.4, 0.5) is 0 Å². The molecule has 1 atom stereocenters. The van der Waals surface area contributed by atoms with Gasteiger partial charge in [0.2, 0.25) is 15.9 Å². The molecule has 0 aromatic rings. The topological polar surface area (TPSA) is 78.5 Å². The summed E-state index contributed by atoms with van der Waals surface area (Å²) in [4.78, 5) is 12.1. The number of hydrogen-bond acceptors (Lipinski definition) is 4. The average Bonchev–Trinajstić information content (AvgIpc) is 3.11. The molecule has 1 saturated heterocycles. The molecule has 0 aromatic heterocycles. The molecule has 130 valence electrons. The third kappa shape index (κ3) is 4.81. The van der Waals surface area contributed by atoms with Gasteiger partial charge in [-0.2, -0.15) is 0 Å². The summed E-state index contributed by atoms with van der Waals surface area (Å²) in [5, 5.41) is 6.30. The zero-order valence-electron chi connectivity index (χ0n) is 13.4. The molecule has 22 heavy (non-hydrogen) atoms. The zero-order valence-corrected chi connectivity index (χ0v) is 15.1. The van der Waals surface area contributed by atoms with Crippen molar-refractivity contribution in [1.82, 2.24) is 14.9 Å². The van der Waals surface area contributed by atoms with Crippen LogP contribution in [0.2, 0.25) is 0 Å². The molecule has 1 heterocycles. The van der Waals surface area contributed by atoms with E-state index in [1.807, 2.05) is 6.92 Å². The van der Waals surface area contributed by atoms with Crippen LogP contribution in [-0.4, -0.2) is 57.6 Å². The van der Waals surface area contributed by atoms with Gasteiger partial charge in [-0.1, -0.05) is 6.92 Å². The Balaban J connectivity index is 0.00000242. The Morgan fingerprint density at radius 1 is 1.36 bits per heavy atom. The van der Waals surface area contributed by atoms with E-state index in [9.17, 15) is 13.2 Å².